The van der Waals surface area contributed by atoms with Gasteiger partial charge in [0.15, 0.2) is 5.69 Å². The fourth-order valence-electron chi connectivity index (χ4n) is 1.76. The monoisotopic (exact) mass is 275 g/mol. The molecule has 2 rings (SSSR count). The van der Waals surface area contributed by atoms with Crippen molar-refractivity contribution in [3.63, 3.8) is 0 Å². The molecule has 0 saturated heterocycles. The number of nitro groups is 1. The van der Waals surface area contributed by atoms with E-state index in [2.05, 4.69) is 15.6 Å². The Labute approximate surface area is 114 Å². The normalized spacial score (nSPS) is 10.3. The van der Waals surface area contributed by atoms with Gasteiger partial charge in [-0.2, -0.15) is 0 Å². The molecule has 0 unspecified atom stereocenters. The first kappa shape index (κ1) is 13.7. The summed E-state index contributed by atoms with van der Waals surface area (Å²) in [5.74, 6) is -0.461. The highest BCUT2D eigenvalue weighted by Gasteiger charge is 2.15. The zero-order valence-electron chi connectivity index (χ0n) is 11.0. The molecule has 0 atom stereocenters. The van der Waals surface area contributed by atoms with Crippen molar-refractivity contribution < 1.29 is 9.72 Å². The van der Waals surface area contributed by atoms with Crippen LogP contribution in [0.3, 0.4) is 0 Å². The molecule has 0 spiro atoms. The Morgan fingerprint density at radius 2 is 2.25 bits per heavy atom. The number of nitrogens with one attached hydrogen (secondary N) is 1. The summed E-state index contributed by atoms with van der Waals surface area (Å²) in [5, 5.41) is 20.8. The van der Waals surface area contributed by atoms with Crippen LogP contribution in [0.15, 0.2) is 24.4 Å². The van der Waals surface area contributed by atoms with Crippen molar-refractivity contribution in [3.05, 3.63) is 45.8 Å². The maximum Gasteiger partial charge on any atom is 0.277 e. The second-order valence-corrected chi connectivity index (χ2v) is 4.19. The van der Waals surface area contributed by atoms with Gasteiger partial charge in [0.05, 0.1) is 11.1 Å². The number of carbonyl (C=O) groups excluding carboxylic acids is 1. The molecule has 0 aliphatic heterocycles. The molecule has 2 aromatic rings. The maximum atomic E-state index is 11.9. The van der Waals surface area contributed by atoms with Crippen LogP contribution in [0.25, 0.3) is 0 Å². The van der Waals surface area contributed by atoms with Crippen molar-refractivity contribution in [2.45, 2.75) is 13.3 Å². The van der Waals surface area contributed by atoms with E-state index in [1.807, 2.05) is 6.92 Å². The number of aryl methyl sites for hydroxylation is 2. The summed E-state index contributed by atoms with van der Waals surface area (Å²) >= 11 is 0. The van der Waals surface area contributed by atoms with E-state index in [1.54, 1.807) is 19.2 Å². The maximum absolute atomic E-state index is 11.9. The molecule has 0 aliphatic rings. The molecule has 0 fully saturated rings. The first-order chi connectivity index (χ1) is 9.51. The standard InChI is InChI=1S/C12H13N5O3/c1-3-8-4-5-9(6-11(8)17(19)20)13-12(18)10-7-16(2)15-14-10/h4-7H,3H2,1-2H3,(H,13,18). The van der Waals surface area contributed by atoms with E-state index in [0.29, 0.717) is 17.7 Å². The summed E-state index contributed by atoms with van der Waals surface area (Å²) in [6.07, 6.45) is 2.01. The Hall–Kier alpha value is -2.77. The van der Waals surface area contributed by atoms with Gasteiger partial charge in [0, 0.05) is 24.4 Å². The highest BCUT2D eigenvalue weighted by Crippen LogP contribution is 2.23. The third-order valence-electron chi connectivity index (χ3n) is 2.76. The summed E-state index contributed by atoms with van der Waals surface area (Å²) in [6.45, 7) is 1.83. The molecule has 8 nitrogen and oxygen atoms in total. The molecule has 1 N–H and O–H groups in total. The minimum absolute atomic E-state index is 0.00977. The Balaban J connectivity index is 2.23. The second-order valence-electron chi connectivity index (χ2n) is 4.19. The van der Waals surface area contributed by atoms with Gasteiger partial charge in [-0.05, 0) is 12.5 Å². The Morgan fingerprint density at radius 1 is 1.50 bits per heavy atom. The highest BCUT2D eigenvalue weighted by atomic mass is 16.6. The lowest BCUT2D eigenvalue weighted by atomic mass is 10.1. The molecule has 1 heterocycles. The van der Waals surface area contributed by atoms with Crippen LogP contribution in [0.2, 0.25) is 0 Å². The number of amides is 1. The molecule has 8 heteroatoms. The van der Waals surface area contributed by atoms with Crippen LogP contribution in [-0.4, -0.2) is 25.8 Å². The van der Waals surface area contributed by atoms with Gasteiger partial charge in [0.25, 0.3) is 11.6 Å². The number of aromatic nitrogens is 3. The van der Waals surface area contributed by atoms with Crippen LogP contribution >= 0.6 is 0 Å². The number of benzene rings is 1. The van der Waals surface area contributed by atoms with Gasteiger partial charge in [0.2, 0.25) is 0 Å². The first-order valence-electron chi connectivity index (χ1n) is 5.96. The SMILES string of the molecule is CCc1ccc(NC(=O)c2cn(C)nn2)cc1[N+](=O)[O-]. The molecule has 1 aromatic heterocycles. The molecule has 104 valence electrons. The van der Waals surface area contributed by atoms with Crippen LogP contribution in [0.5, 0.6) is 0 Å². The number of nitro benzene ring substituents is 1. The van der Waals surface area contributed by atoms with Gasteiger partial charge in [-0.15, -0.1) is 5.10 Å². The van der Waals surface area contributed by atoms with Crippen molar-refractivity contribution in [2.24, 2.45) is 7.05 Å². The van der Waals surface area contributed by atoms with Crippen LogP contribution in [-0.2, 0) is 13.5 Å². The van der Waals surface area contributed by atoms with Crippen molar-refractivity contribution in [1.29, 1.82) is 0 Å². The van der Waals surface area contributed by atoms with E-state index in [4.69, 9.17) is 0 Å². The van der Waals surface area contributed by atoms with Crippen LogP contribution in [0.1, 0.15) is 23.0 Å². The summed E-state index contributed by atoms with van der Waals surface area (Å²) in [7, 11) is 1.64. The third kappa shape index (κ3) is 2.79. The number of carbonyl (C=O) groups is 1. The predicted molar refractivity (Wildman–Crippen MR) is 71.4 cm³/mol. The predicted octanol–water partition coefficient (Wildman–Crippen LogP) is 1.54. The minimum Gasteiger partial charge on any atom is -0.320 e. The molecular formula is C12H13N5O3. The molecule has 20 heavy (non-hydrogen) atoms. The molecule has 0 radical (unpaired) electrons. The first-order valence-corrected chi connectivity index (χ1v) is 5.96. The van der Waals surface area contributed by atoms with Gasteiger partial charge >= 0.3 is 0 Å². The average Bonchev–Trinajstić information content (AvgIpc) is 2.85. The van der Waals surface area contributed by atoms with E-state index < -0.39 is 10.8 Å². The lowest BCUT2D eigenvalue weighted by molar-refractivity contribution is -0.385. The van der Waals surface area contributed by atoms with E-state index in [1.165, 1.54) is 16.9 Å². The number of nitrogens with zero attached hydrogens (tertiary/aromatic N) is 4. The van der Waals surface area contributed by atoms with Crippen LogP contribution in [0, 0.1) is 10.1 Å². The zero-order valence-corrected chi connectivity index (χ0v) is 11.0. The van der Waals surface area contributed by atoms with E-state index in [9.17, 15) is 14.9 Å². The van der Waals surface area contributed by atoms with Gasteiger partial charge in [-0.25, -0.2) is 0 Å². The Morgan fingerprint density at radius 3 is 2.80 bits per heavy atom. The van der Waals surface area contributed by atoms with E-state index >= 15 is 0 Å². The molecule has 1 aromatic carbocycles. The number of rotatable bonds is 4. The Bertz CT molecular complexity index is 665. The van der Waals surface area contributed by atoms with E-state index in [0.717, 1.165) is 0 Å². The zero-order chi connectivity index (χ0) is 14.7. The van der Waals surface area contributed by atoms with E-state index in [-0.39, 0.29) is 11.4 Å². The van der Waals surface area contributed by atoms with Gasteiger partial charge in [0.1, 0.15) is 0 Å². The Kier molecular flexibility index (Phi) is 3.74. The van der Waals surface area contributed by atoms with Gasteiger partial charge in [-0.1, -0.05) is 18.2 Å². The van der Waals surface area contributed by atoms with Crippen molar-refractivity contribution in [2.75, 3.05) is 5.32 Å². The number of anilines is 1. The smallest absolute Gasteiger partial charge is 0.277 e. The summed E-state index contributed by atoms with van der Waals surface area (Å²) < 4.78 is 1.40. The number of hydrogen-bond donors (Lipinski definition) is 1. The summed E-state index contributed by atoms with van der Waals surface area (Å²) in [6, 6.07) is 4.59. The summed E-state index contributed by atoms with van der Waals surface area (Å²) in [4.78, 5) is 22.4. The molecule has 0 saturated carbocycles. The topological polar surface area (TPSA) is 103 Å². The van der Waals surface area contributed by atoms with Crippen molar-refractivity contribution in [1.82, 2.24) is 15.0 Å². The van der Waals surface area contributed by atoms with Gasteiger partial charge in [-0.3, -0.25) is 19.6 Å². The van der Waals surface area contributed by atoms with Gasteiger partial charge < -0.3 is 5.32 Å². The quantitative estimate of drug-likeness (QED) is 0.673. The third-order valence-corrected chi connectivity index (χ3v) is 2.76. The highest BCUT2D eigenvalue weighted by molar-refractivity contribution is 6.02. The fraction of sp³-hybridized carbons (Fsp3) is 0.250. The molecular weight excluding hydrogens is 262 g/mol. The minimum atomic E-state index is -0.461. The molecule has 1 amide bonds. The van der Waals surface area contributed by atoms with Crippen LogP contribution < -0.4 is 5.32 Å². The van der Waals surface area contributed by atoms with Crippen LogP contribution in [0.4, 0.5) is 11.4 Å². The molecule has 0 bridgehead atoms. The largest absolute Gasteiger partial charge is 0.320 e. The average molecular weight is 275 g/mol. The lowest BCUT2D eigenvalue weighted by Gasteiger charge is -2.05. The molecule has 0 aliphatic carbocycles. The lowest BCUT2D eigenvalue weighted by Crippen LogP contribution is -2.12. The van der Waals surface area contributed by atoms with Crippen molar-refractivity contribution in [3.8, 4) is 0 Å². The van der Waals surface area contributed by atoms with Crippen molar-refractivity contribution >= 4 is 17.3 Å². The number of hydrogen-bond acceptors (Lipinski definition) is 5. The summed E-state index contributed by atoms with van der Waals surface area (Å²) in [5.41, 5.74) is 1.11. The fourth-order valence-corrected chi connectivity index (χ4v) is 1.76. The second kappa shape index (κ2) is 5.47.